The van der Waals surface area contributed by atoms with Gasteiger partial charge in [-0.05, 0) is 48.9 Å². The van der Waals surface area contributed by atoms with E-state index in [-0.39, 0.29) is 12.5 Å². The summed E-state index contributed by atoms with van der Waals surface area (Å²) in [6.45, 7) is 2.72. The highest BCUT2D eigenvalue weighted by molar-refractivity contribution is 7.13. The van der Waals surface area contributed by atoms with Crippen molar-refractivity contribution in [1.29, 1.82) is 0 Å². The number of nitrogens with one attached hydrogen (secondary N) is 1. The summed E-state index contributed by atoms with van der Waals surface area (Å²) in [6.07, 6.45) is 0. The highest BCUT2D eigenvalue weighted by Crippen LogP contribution is 2.37. The Hall–Kier alpha value is -3.59. The second kappa shape index (κ2) is 7.83. The second-order valence-corrected chi connectivity index (χ2v) is 8.54. The molecular weight excluding hydrogens is 430 g/mol. The summed E-state index contributed by atoms with van der Waals surface area (Å²) in [4.78, 5) is 31.8. The molecule has 164 valence electrons. The average Bonchev–Trinajstić information content (AvgIpc) is 3.38. The maximum Gasteiger partial charge on any atom is 0.325 e. The number of methoxy groups -OCH3 is 1. The quantitative estimate of drug-likeness (QED) is 0.597. The zero-order chi connectivity index (χ0) is 22.3. The molecule has 1 atom stereocenters. The number of carbonyl (C=O) groups is 2. The van der Waals surface area contributed by atoms with Crippen LogP contribution in [0.1, 0.15) is 18.2 Å². The van der Waals surface area contributed by atoms with E-state index in [4.69, 9.17) is 14.2 Å². The molecule has 2 aromatic carbocycles. The number of benzene rings is 2. The number of hydrogen-bond acceptors (Lipinski definition) is 7. The minimum atomic E-state index is -1.19. The van der Waals surface area contributed by atoms with Crippen LogP contribution in [0.4, 0.5) is 4.79 Å². The van der Waals surface area contributed by atoms with Gasteiger partial charge < -0.3 is 19.5 Å². The molecule has 0 radical (unpaired) electrons. The number of amides is 3. The Morgan fingerprint density at radius 1 is 1.12 bits per heavy atom. The van der Waals surface area contributed by atoms with Crippen LogP contribution in [0.3, 0.4) is 0 Å². The molecule has 3 amide bonds. The normalized spacial score (nSPS) is 19.8. The van der Waals surface area contributed by atoms with Gasteiger partial charge in [-0.25, -0.2) is 9.78 Å². The Kier molecular flexibility index (Phi) is 4.97. The number of imide groups is 1. The van der Waals surface area contributed by atoms with Gasteiger partial charge in [0, 0.05) is 10.9 Å². The Balaban J connectivity index is 1.36. The van der Waals surface area contributed by atoms with E-state index in [1.54, 1.807) is 32.2 Å². The van der Waals surface area contributed by atoms with E-state index >= 15 is 0 Å². The molecule has 1 N–H and O–H groups in total. The number of hydrogen-bond donors (Lipinski definition) is 1. The lowest BCUT2D eigenvalue weighted by Gasteiger charge is -2.25. The van der Waals surface area contributed by atoms with Gasteiger partial charge >= 0.3 is 6.03 Å². The van der Waals surface area contributed by atoms with Gasteiger partial charge in [-0.2, -0.15) is 0 Å². The molecule has 32 heavy (non-hydrogen) atoms. The van der Waals surface area contributed by atoms with Crippen molar-refractivity contribution in [2.45, 2.75) is 19.0 Å². The zero-order valence-corrected chi connectivity index (χ0v) is 18.4. The fourth-order valence-corrected chi connectivity index (χ4v) is 4.62. The Morgan fingerprint density at radius 2 is 1.88 bits per heavy atom. The third-order valence-electron chi connectivity index (χ3n) is 5.60. The predicted octanol–water partition coefficient (Wildman–Crippen LogP) is 3.56. The van der Waals surface area contributed by atoms with Crippen molar-refractivity contribution < 1.29 is 23.8 Å². The minimum absolute atomic E-state index is 0.0947. The molecule has 2 aliphatic heterocycles. The third-order valence-corrected chi connectivity index (χ3v) is 6.54. The Bertz CT molecular complexity index is 1190. The summed E-state index contributed by atoms with van der Waals surface area (Å²) in [7, 11) is 1.62. The number of urea groups is 1. The van der Waals surface area contributed by atoms with Crippen molar-refractivity contribution >= 4 is 23.3 Å². The number of fused-ring (bicyclic) bond motifs is 1. The van der Waals surface area contributed by atoms with Crippen LogP contribution in [-0.2, 0) is 16.9 Å². The first-order chi connectivity index (χ1) is 15.5. The highest BCUT2D eigenvalue weighted by atomic mass is 32.1. The summed E-state index contributed by atoms with van der Waals surface area (Å²) >= 11 is 1.46. The van der Waals surface area contributed by atoms with Crippen molar-refractivity contribution in [1.82, 2.24) is 15.2 Å². The summed E-state index contributed by atoms with van der Waals surface area (Å²) < 4.78 is 16.4. The molecule has 1 aromatic heterocycles. The molecular formula is C23H21N3O5S. The van der Waals surface area contributed by atoms with Crippen LogP contribution >= 0.6 is 11.3 Å². The van der Waals surface area contributed by atoms with Gasteiger partial charge in [0.05, 0.1) is 19.3 Å². The smallest absolute Gasteiger partial charge is 0.325 e. The van der Waals surface area contributed by atoms with Crippen molar-refractivity contribution in [2.75, 3.05) is 20.3 Å². The van der Waals surface area contributed by atoms with E-state index < -0.39 is 11.6 Å². The minimum Gasteiger partial charge on any atom is -0.497 e. The second-order valence-electron chi connectivity index (χ2n) is 7.68. The van der Waals surface area contributed by atoms with Gasteiger partial charge in [-0.15, -0.1) is 11.3 Å². The van der Waals surface area contributed by atoms with Crippen molar-refractivity contribution in [3.8, 4) is 27.8 Å². The van der Waals surface area contributed by atoms with Crippen LogP contribution in [0.5, 0.6) is 17.2 Å². The van der Waals surface area contributed by atoms with E-state index in [0.29, 0.717) is 36.0 Å². The van der Waals surface area contributed by atoms with Gasteiger partial charge in [0.25, 0.3) is 5.91 Å². The monoisotopic (exact) mass is 451 g/mol. The van der Waals surface area contributed by atoms with Gasteiger partial charge in [-0.1, -0.05) is 6.07 Å². The number of rotatable bonds is 5. The third kappa shape index (κ3) is 3.44. The first-order valence-electron chi connectivity index (χ1n) is 10.1. The largest absolute Gasteiger partial charge is 0.497 e. The van der Waals surface area contributed by atoms with Crippen molar-refractivity contribution in [3.63, 3.8) is 0 Å². The number of nitrogens with zero attached hydrogens (tertiary/aromatic N) is 2. The SMILES string of the molecule is COc1ccc(-c2nc(CN3C(=O)N[C@](C)(c4ccc5c(c4)OCCO5)C3=O)cs2)cc1. The van der Waals surface area contributed by atoms with Gasteiger partial charge in [0.1, 0.15) is 29.5 Å². The van der Waals surface area contributed by atoms with Gasteiger partial charge in [-0.3, -0.25) is 9.69 Å². The molecule has 8 nitrogen and oxygen atoms in total. The molecule has 0 bridgehead atoms. The number of ether oxygens (including phenoxy) is 3. The molecule has 3 heterocycles. The molecule has 1 fully saturated rings. The molecule has 3 aromatic rings. The predicted molar refractivity (Wildman–Crippen MR) is 118 cm³/mol. The number of carbonyl (C=O) groups excluding carboxylic acids is 2. The first-order valence-corrected chi connectivity index (χ1v) is 11.0. The van der Waals surface area contributed by atoms with E-state index in [2.05, 4.69) is 10.3 Å². The zero-order valence-electron chi connectivity index (χ0n) is 17.6. The summed E-state index contributed by atoms with van der Waals surface area (Å²) in [5.41, 5.74) is 1.04. The number of aromatic nitrogens is 1. The summed E-state index contributed by atoms with van der Waals surface area (Å²) in [5, 5.41) is 5.50. The number of thiazole rings is 1. The van der Waals surface area contributed by atoms with Crippen molar-refractivity contribution in [2.24, 2.45) is 0 Å². The molecule has 0 aliphatic carbocycles. The van der Waals surface area contributed by atoms with Crippen molar-refractivity contribution in [3.05, 3.63) is 59.1 Å². The molecule has 5 rings (SSSR count). The fraction of sp³-hybridized carbons (Fsp3) is 0.261. The average molecular weight is 452 g/mol. The molecule has 9 heteroatoms. The molecule has 2 aliphatic rings. The van der Waals surface area contributed by atoms with Crippen LogP contribution < -0.4 is 19.5 Å². The lowest BCUT2D eigenvalue weighted by molar-refractivity contribution is -0.131. The molecule has 1 saturated heterocycles. The lowest BCUT2D eigenvalue weighted by atomic mass is 9.91. The molecule has 0 saturated carbocycles. The maximum absolute atomic E-state index is 13.3. The first kappa shape index (κ1) is 20.3. The Labute approximate surface area is 188 Å². The maximum atomic E-state index is 13.3. The molecule has 0 unspecified atom stereocenters. The van der Waals surface area contributed by atoms with Crippen LogP contribution in [0, 0.1) is 0 Å². The van der Waals surface area contributed by atoms with E-state index in [1.807, 2.05) is 29.6 Å². The highest BCUT2D eigenvalue weighted by Gasteiger charge is 2.49. The van der Waals surface area contributed by atoms with Gasteiger partial charge in [0.2, 0.25) is 0 Å². The standard InChI is InChI=1S/C23H21N3O5S/c1-23(15-5-8-18-19(11-15)31-10-9-30-18)21(27)26(22(28)25-23)12-16-13-32-20(24-16)14-3-6-17(29-2)7-4-14/h3-8,11,13H,9-10,12H2,1-2H3,(H,25,28)/t23-/m1/s1. The lowest BCUT2D eigenvalue weighted by Crippen LogP contribution is -2.41. The van der Waals surface area contributed by atoms with Gasteiger partial charge in [0.15, 0.2) is 11.5 Å². The van der Waals surface area contributed by atoms with Crippen LogP contribution in [0.25, 0.3) is 10.6 Å². The summed E-state index contributed by atoms with van der Waals surface area (Å²) in [5.74, 6) is 1.63. The van der Waals surface area contributed by atoms with E-state index in [9.17, 15) is 9.59 Å². The fourth-order valence-electron chi connectivity index (χ4n) is 3.80. The topological polar surface area (TPSA) is 90.0 Å². The van der Waals surface area contributed by atoms with Crippen LogP contribution in [-0.4, -0.2) is 42.1 Å². The van der Waals surface area contributed by atoms with Crippen LogP contribution in [0.15, 0.2) is 47.8 Å². The van der Waals surface area contributed by atoms with E-state index in [0.717, 1.165) is 16.3 Å². The Morgan fingerprint density at radius 3 is 2.62 bits per heavy atom. The van der Waals surface area contributed by atoms with E-state index in [1.165, 1.54) is 16.2 Å². The summed E-state index contributed by atoms with van der Waals surface area (Å²) in [6, 6.07) is 12.4. The molecule has 0 spiro atoms. The van der Waals surface area contributed by atoms with Crippen LogP contribution in [0.2, 0.25) is 0 Å².